The Labute approximate surface area is 149 Å². The van der Waals surface area contributed by atoms with Crippen LogP contribution in [0.25, 0.3) is 5.70 Å². The second-order valence-electron chi connectivity index (χ2n) is 6.27. The van der Waals surface area contributed by atoms with Crippen molar-refractivity contribution in [1.29, 1.82) is 0 Å². The standard InChI is InChI=1S/C18H19F3N4O/c1-10-6-13(7-24-17(10)26-9-18(19,20)21)11(2)25-8-15-14(12(25)3)4-5-23-16(15)22/h4-7,11H,3,8-9H2,1-2H3,(H2,22,23). The van der Waals surface area contributed by atoms with Crippen LogP contribution in [0, 0.1) is 6.92 Å². The van der Waals surface area contributed by atoms with E-state index < -0.39 is 12.8 Å². The van der Waals surface area contributed by atoms with Crippen molar-refractivity contribution in [2.45, 2.75) is 32.6 Å². The quantitative estimate of drug-likeness (QED) is 0.893. The Balaban J connectivity index is 1.79. The molecule has 2 aromatic heterocycles. The first kappa shape index (κ1) is 18.0. The van der Waals surface area contributed by atoms with Crippen LogP contribution in [0.15, 0.2) is 31.1 Å². The fourth-order valence-electron chi connectivity index (χ4n) is 3.03. The summed E-state index contributed by atoms with van der Waals surface area (Å²) in [6.07, 6.45) is -1.22. The summed E-state index contributed by atoms with van der Waals surface area (Å²) < 4.78 is 41.7. The highest BCUT2D eigenvalue weighted by atomic mass is 19.4. The van der Waals surface area contributed by atoms with Crippen molar-refractivity contribution in [3.8, 4) is 5.88 Å². The molecule has 138 valence electrons. The topological polar surface area (TPSA) is 64.3 Å². The van der Waals surface area contributed by atoms with Gasteiger partial charge >= 0.3 is 6.18 Å². The number of aromatic nitrogens is 2. The number of fused-ring (bicyclic) bond motifs is 1. The number of alkyl halides is 3. The highest BCUT2D eigenvalue weighted by Crippen LogP contribution is 2.39. The summed E-state index contributed by atoms with van der Waals surface area (Å²) in [7, 11) is 0. The molecule has 2 N–H and O–H groups in total. The number of hydrogen-bond donors (Lipinski definition) is 1. The molecule has 1 aliphatic heterocycles. The van der Waals surface area contributed by atoms with Crippen molar-refractivity contribution in [3.05, 3.63) is 53.4 Å². The number of pyridine rings is 2. The van der Waals surface area contributed by atoms with Crippen LogP contribution in [0.5, 0.6) is 5.88 Å². The SMILES string of the molecule is C=C1c2ccnc(N)c2CN1C(C)c1cnc(OCC(F)(F)F)c(C)c1. The number of hydrogen-bond acceptors (Lipinski definition) is 5. The van der Waals surface area contributed by atoms with Gasteiger partial charge in [-0.15, -0.1) is 0 Å². The predicted octanol–water partition coefficient (Wildman–Crippen LogP) is 3.86. The van der Waals surface area contributed by atoms with Crippen LogP contribution in [0.3, 0.4) is 0 Å². The lowest BCUT2D eigenvalue weighted by molar-refractivity contribution is -0.154. The molecule has 5 nitrogen and oxygen atoms in total. The van der Waals surface area contributed by atoms with E-state index in [0.29, 0.717) is 17.9 Å². The number of nitrogens with two attached hydrogens (primary N) is 1. The number of nitrogen functional groups attached to an aromatic ring is 1. The van der Waals surface area contributed by atoms with Crippen molar-refractivity contribution >= 4 is 11.5 Å². The van der Waals surface area contributed by atoms with E-state index in [2.05, 4.69) is 21.4 Å². The summed E-state index contributed by atoms with van der Waals surface area (Å²) in [6, 6.07) is 3.57. The van der Waals surface area contributed by atoms with E-state index in [-0.39, 0.29) is 11.9 Å². The van der Waals surface area contributed by atoms with Crippen molar-refractivity contribution in [2.24, 2.45) is 0 Å². The molecule has 3 heterocycles. The van der Waals surface area contributed by atoms with Crippen molar-refractivity contribution in [2.75, 3.05) is 12.3 Å². The predicted molar refractivity (Wildman–Crippen MR) is 92.2 cm³/mol. The lowest BCUT2D eigenvalue weighted by Gasteiger charge is -2.28. The van der Waals surface area contributed by atoms with Gasteiger partial charge in [-0.25, -0.2) is 9.97 Å². The molecular weight excluding hydrogens is 345 g/mol. The summed E-state index contributed by atoms with van der Waals surface area (Å²) >= 11 is 0. The van der Waals surface area contributed by atoms with E-state index in [9.17, 15) is 13.2 Å². The van der Waals surface area contributed by atoms with E-state index >= 15 is 0 Å². The molecule has 0 amide bonds. The van der Waals surface area contributed by atoms with Crippen molar-refractivity contribution < 1.29 is 17.9 Å². The zero-order valence-corrected chi connectivity index (χ0v) is 14.5. The van der Waals surface area contributed by atoms with Crippen molar-refractivity contribution in [1.82, 2.24) is 14.9 Å². The fraction of sp³-hybridized carbons (Fsp3) is 0.333. The Hall–Kier alpha value is -2.77. The summed E-state index contributed by atoms with van der Waals surface area (Å²) in [5.41, 5.74) is 10.1. The van der Waals surface area contributed by atoms with Gasteiger partial charge in [-0.05, 0) is 31.5 Å². The Kier molecular flexibility index (Phi) is 4.52. The van der Waals surface area contributed by atoms with Crippen LogP contribution in [0.1, 0.15) is 35.2 Å². The maximum absolute atomic E-state index is 12.3. The second kappa shape index (κ2) is 6.51. The number of halogens is 3. The van der Waals surface area contributed by atoms with E-state index in [1.165, 1.54) is 6.20 Å². The van der Waals surface area contributed by atoms with Crippen LogP contribution in [-0.2, 0) is 6.54 Å². The molecule has 0 radical (unpaired) electrons. The zero-order chi connectivity index (χ0) is 19.1. The fourth-order valence-corrected chi connectivity index (χ4v) is 3.03. The molecule has 0 fully saturated rings. The van der Waals surface area contributed by atoms with Gasteiger partial charge in [0.1, 0.15) is 5.82 Å². The Morgan fingerprint density at radius 1 is 1.38 bits per heavy atom. The lowest BCUT2D eigenvalue weighted by atomic mass is 10.1. The highest BCUT2D eigenvalue weighted by Gasteiger charge is 2.30. The van der Waals surface area contributed by atoms with Crippen LogP contribution in [0.4, 0.5) is 19.0 Å². The van der Waals surface area contributed by atoms with Gasteiger partial charge in [0.05, 0.1) is 6.04 Å². The van der Waals surface area contributed by atoms with Gasteiger partial charge in [-0.1, -0.05) is 6.58 Å². The molecule has 0 saturated carbocycles. The van der Waals surface area contributed by atoms with E-state index in [4.69, 9.17) is 10.5 Å². The van der Waals surface area contributed by atoms with E-state index in [1.54, 1.807) is 19.2 Å². The average Bonchev–Trinajstić information content (AvgIpc) is 2.91. The molecule has 1 aliphatic rings. The third kappa shape index (κ3) is 3.44. The Bertz CT molecular complexity index is 851. The van der Waals surface area contributed by atoms with E-state index in [0.717, 1.165) is 22.4 Å². The van der Waals surface area contributed by atoms with Gasteiger partial charge in [-0.2, -0.15) is 13.2 Å². The number of rotatable bonds is 4. The maximum Gasteiger partial charge on any atom is 0.422 e. The first-order valence-electron chi connectivity index (χ1n) is 8.02. The average molecular weight is 364 g/mol. The van der Waals surface area contributed by atoms with Gasteiger partial charge in [0.2, 0.25) is 5.88 Å². The molecule has 0 saturated heterocycles. The van der Waals surface area contributed by atoms with Gasteiger partial charge in [0.25, 0.3) is 0 Å². The highest BCUT2D eigenvalue weighted by molar-refractivity contribution is 5.72. The van der Waals surface area contributed by atoms with Crippen molar-refractivity contribution in [3.63, 3.8) is 0 Å². The van der Waals surface area contributed by atoms with Crippen LogP contribution in [-0.4, -0.2) is 27.7 Å². The largest absolute Gasteiger partial charge is 0.468 e. The molecule has 3 rings (SSSR count). The molecular formula is C18H19F3N4O. The molecule has 2 aromatic rings. The molecule has 0 spiro atoms. The number of aryl methyl sites for hydroxylation is 1. The molecule has 1 atom stereocenters. The Morgan fingerprint density at radius 3 is 2.73 bits per heavy atom. The van der Waals surface area contributed by atoms with Gasteiger partial charge in [0, 0.05) is 41.3 Å². The van der Waals surface area contributed by atoms with Crippen LogP contribution < -0.4 is 10.5 Å². The molecule has 0 aliphatic carbocycles. The van der Waals surface area contributed by atoms with Gasteiger partial charge in [-0.3, -0.25) is 0 Å². The van der Waals surface area contributed by atoms with Gasteiger partial charge in [0.15, 0.2) is 6.61 Å². The third-order valence-corrected chi connectivity index (χ3v) is 4.45. The maximum atomic E-state index is 12.3. The third-order valence-electron chi connectivity index (χ3n) is 4.45. The minimum Gasteiger partial charge on any atom is -0.468 e. The molecule has 8 heteroatoms. The first-order chi connectivity index (χ1) is 12.2. The normalized spacial score (nSPS) is 15.1. The smallest absolute Gasteiger partial charge is 0.422 e. The summed E-state index contributed by atoms with van der Waals surface area (Å²) in [4.78, 5) is 10.2. The minimum atomic E-state index is -4.40. The van der Waals surface area contributed by atoms with Gasteiger partial charge < -0.3 is 15.4 Å². The number of ether oxygens (including phenoxy) is 1. The van der Waals surface area contributed by atoms with Crippen LogP contribution in [0.2, 0.25) is 0 Å². The second-order valence-corrected chi connectivity index (χ2v) is 6.27. The van der Waals surface area contributed by atoms with E-state index in [1.807, 2.05) is 13.0 Å². The zero-order valence-electron chi connectivity index (χ0n) is 14.5. The number of nitrogens with zero attached hydrogens (tertiary/aromatic N) is 3. The summed E-state index contributed by atoms with van der Waals surface area (Å²) in [5.74, 6) is 0.457. The first-order valence-corrected chi connectivity index (χ1v) is 8.02. The molecule has 1 unspecified atom stereocenters. The lowest BCUT2D eigenvalue weighted by Crippen LogP contribution is -2.21. The summed E-state index contributed by atoms with van der Waals surface area (Å²) in [6.45, 7) is 6.99. The monoisotopic (exact) mass is 364 g/mol. The molecule has 0 bridgehead atoms. The molecule has 0 aromatic carbocycles. The molecule has 26 heavy (non-hydrogen) atoms. The Morgan fingerprint density at radius 2 is 2.12 bits per heavy atom. The number of anilines is 1. The summed E-state index contributed by atoms with van der Waals surface area (Å²) in [5, 5.41) is 0. The van der Waals surface area contributed by atoms with Crippen LogP contribution >= 0.6 is 0 Å². The minimum absolute atomic E-state index is 0.0183.